The summed E-state index contributed by atoms with van der Waals surface area (Å²) in [6.07, 6.45) is 5.46. The van der Waals surface area contributed by atoms with Gasteiger partial charge in [0.05, 0.1) is 6.04 Å². The van der Waals surface area contributed by atoms with Gasteiger partial charge in [-0.25, -0.2) is 5.06 Å². The van der Waals surface area contributed by atoms with E-state index in [0.717, 1.165) is 25.8 Å². The van der Waals surface area contributed by atoms with Gasteiger partial charge in [-0.3, -0.25) is 10.0 Å². The Morgan fingerprint density at radius 3 is 2.77 bits per heavy atom. The first-order valence-electron chi connectivity index (χ1n) is 4.91. The molecule has 4 heteroatoms. The van der Waals surface area contributed by atoms with E-state index in [1.807, 2.05) is 0 Å². The molecule has 0 aromatic carbocycles. The van der Waals surface area contributed by atoms with Gasteiger partial charge in [0.2, 0.25) is 0 Å². The maximum absolute atomic E-state index is 11.4. The number of rotatable bonds is 1. The third-order valence-corrected chi connectivity index (χ3v) is 2.43. The Balaban J connectivity index is 2.41. The minimum Gasteiger partial charge on any atom is -0.306 e. The second-order valence-corrected chi connectivity index (χ2v) is 3.57. The Morgan fingerprint density at radius 2 is 2.08 bits per heavy atom. The van der Waals surface area contributed by atoms with Crippen LogP contribution in [-0.2, 0) is 4.79 Å². The fourth-order valence-electron chi connectivity index (χ4n) is 1.64. The molecule has 0 aromatic heterocycles. The largest absolute Gasteiger partial charge is 0.306 e. The topological polar surface area (TPSA) is 52.6 Å². The van der Waals surface area contributed by atoms with Gasteiger partial charge >= 0.3 is 0 Å². The average molecular weight is 186 g/mol. The van der Waals surface area contributed by atoms with Crippen LogP contribution in [0.15, 0.2) is 0 Å². The Kier molecular flexibility index (Phi) is 4.18. The number of nitrogens with one attached hydrogen (secondary N) is 1. The highest BCUT2D eigenvalue weighted by atomic mass is 16.5. The van der Waals surface area contributed by atoms with Gasteiger partial charge in [0.15, 0.2) is 0 Å². The molecule has 2 N–H and O–H groups in total. The second-order valence-electron chi connectivity index (χ2n) is 3.57. The number of likely N-dealkylation sites (N-methyl/N-ethyl adjacent to an activating group) is 1. The lowest BCUT2D eigenvalue weighted by molar-refractivity contribution is -0.162. The molecule has 1 heterocycles. The van der Waals surface area contributed by atoms with Crippen LogP contribution in [0.5, 0.6) is 0 Å². The van der Waals surface area contributed by atoms with Crippen molar-refractivity contribution in [3.8, 4) is 0 Å². The van der Waals surface area contributed by atoms with Crippen molar-refractivity contribution < 1.29 is 10.0 Å². The molecule has 1 aliphatic heterocycles. The van der Waals surface area contributed by atoms with Gasteiger partial charge in [0.1, 0.15) is 0 Å². The summed E-state index contributed by atoms with van der Waals surface area (Å²) in [6.45, 7) is 0.879. The van der Waals surface area contributed by atoms with Gasteiger partial charge in [-0.2, -0.15) is 0 Å². The minimum absolute atomic E-state index is 0.185. The Hall–Kier alpha value is -0.610. The lowest BCUT2D eigenvalue weighted by atomic mass is 10.0. The predicted octanol–water partition coefficient (Wildman–Crippen LogP) is 0.756. The van der Waals surface area contributed by atoms with Gasteiger partial charge in [-0.1, -0.05) is 19.3 Å². The molecule has 1 amide bonds. The highest BCUT2D eigenvalue weighted by molar-refractivity contribution is 5.80. The summed E-state index contributed by atoms with van der Waals surface area (Å²) in [6, 6.07) is -0.185. The molecule has 1 unspecified atom stereocenters. The molecule has 1 rings (SSSR count). The van der Waals surface area contributed by atoms with Gasteiger partial charge in [0, 0.05) is 7.05 Å². The van der Waals surface area contributed by atoms with Crippen LogP contribution in [0, 0.1) is 0 Å². The van der Waals surface area contributed by atoms with Crippen LogP contribution in [0.25, 0.3) is 0 Å². The number of carbonyl (C=O) groups is 1. The van der Waals surface area contributed by atoms with Crippen molar-refractivity contribution in [3.63, 3.8) is 0 Å². The van der Waals surface area contributed by atoms with Gasteiger partial charge in [-0.05, 0) is 19.4 Å². The minimum atomic E-state index is -0.220. The zero-order valence-corrected chi connectivity index (χ0v) is 8.12. The molecule has 1 saturated heterocycles. The van der Waals surface area contributed by atoms with Crippen molar-refractivity contribution in [3.05, 3.63) is 0 Å². The fourth-order valence-corrected chi connectivity index (χ4v) is 1.64. The van der Waals surface area contributed by atoms with Crippen LogP contribution >= 0.6 is 0 Å². The average Bonchev–Trinajstić information content (AvgIpc) is 2.02. The first kappa shape index (κ1) is 10.5. The molecule has 0 spiro atoms. The summed E-state index contributed by atoms with van der Waals surface area (Å²) in [5.74, 6) is -0.220. The van der Waals surface area contributed by atoms with E-state index in [9.17, 15) is 4.79 Å². The van der Waals surface area contributed by atoms with E-state index in [2.05, 4.69) is 5.32 Å². The van der Waals surface area contributed by atoms with Crippen LogP contribution in [-0.4, -0.2) is 35.8 Å². The smallest absolute Gasteiger partial charge is 0.262 e. The van der Waals surface area contributed by atoms with Gasteiger partial charge in [0.25, 0.3) is 5.91 Å². The van der Waals surface area contributed by atoms with Crippen LogP contribution < -0.4 is 5.32 Å². The van der Waals surface area contributed by atoms with E-state index in [4.69, 9.17) is 5.21 Å². The number of hydroxylamine groups is 2. The zero-order chi connectivity index (χ0) is 9.68. The van der Waals surface area contributed by atoms with Crippen molar-refractivity contribution in [2.45, 2.75) is 38.1 Å². The summed E-state index contributed by atoms with van der Waals surface area (Å²) in [7, 11) is 1.38. The molecular formula is C9H18N2O2. The molecule has 1 fully saturated rings. The Bertz CT molecular complexity index is 163. The zero-order valence-electron chi connectivity index (χ0n) is 8.12. The quantitative estimate of drug-likeness (QED) is 0.469. The maximum atomic E-state index is 11.4. The number of carbonyl (C=O) groups excluding carboxylic acids is 1. The first-order valence-corrected chi connectivity index (χ1v) is 4.91. The monoisotopic (exact) mass is 186 g/mol. The van der Waals surface area contributed by atoms with E-state index in [0.29, 0.717) is 5.06 Å². The van der Waals surface area contributed by atoms with Crippen molar-refractivity contribution in [1.29, 1.82) is 0 Å². The van der Waals surface area contributed by atoms with E-state index in [1.165, 1.54) is 19.9 Å². The number of hydrogen-bond acceptors (Lipinski definition) is 3. The lowest BCUT2D eigenvalue weighted by Crippen LogP contribution is -2.44. The standard InChI is InChI=1S/C9H18N2O2/c1-11(13)9(12)8-6-4-2-3-5-7-10-8/h8,10,13H,2-7H2,1H3. The molecule has 0 aliphatic carbocycles. The third-order valence-electron chi connectivity index (χ3n) is 2.43. The Morgan fingerprint density at radius 1 is 1.38 bits per heavy atom. The number of hydrogen-bond donors (Lipinski definition) is 2. The van der Waals surface area contributed by atoms with Crippen LogP contribution in [0.4, 0.5) is 0 Å². The SMILES string of the molecule is CN(O)C(=O)C1CCCCCCN1. The van der Waals surface area contributed by atoms with E-state index >= 15 is 0 Å². The molecular weight excluding hydrogens is 168 g/mol. The maximum Gasteiger partial charge on any atom is 0.262 e. The van der Waals surface area contributed by atoms with E-state index in [-0.39, 0.29) is 11.9 Å². The molecule has 0 bridgehead atoms. The molecule has 76 valence electrons. The van der Waals surface area contributed by atoms with Gasteiger partial charge in [-0.15, -0.1) is 0 Å². The van der Waals surface area contributed by atoms with Crippen molar-refractivity contribution in [2.75, 3.05) is 13.6 Å². The summed E-state index contributed by atoms with van der Waals surface area (Å²) in [5.41, 5.74) is 0. The summed E-state index contributed by atoms with van der Waals surface area (Å²) >= 11 is 0. The number of amides is 1. The number of nitrogens with zero attached hydrogens (tertiary/aromatic N) is 1. The van der Waals surface area contributed by atoms with Crippen molar-refractivity contribution in [1.82, 2.24) is 10.4 Å². The van der Waals surface area contributed by atoms with Crippen molar-refractivity contribution in [2.24, 2.45) is 0 Å². The first-order chi connectivity index (χ1) is 6.22. The second kappa shape index (κ2) is 5.19. The summed E-state index contributed by atoms with van der Waals surface area (Å²) in [5, 5.41) is 12.8. The molecule has 0 saturated carbocycles. The molecule has 13 heavy (non-hydrogen) atoms. The molecule has 4 nitrogen and oxygen atoms in total. The van der Waals surface area contributed by atoms with Crippen LogP contribution in [0.2, 0.25) is 0 Å². The normalized spacial score (nSPS) is 24.6. The third kappa shape index (κ3) is 3.32. The van der Waals surface area contributed by atoms with E-state index in [1.54, 1.807) is 0 Å². The molecule has 0 aromatic rings. The van der Waals surface area contributed by atoms with Crippen molar-refractivity contribution >= 4 is 5.91 Å². The Labute approximate surface area is 78.9 Å². The van der Waals surface area contributed by atoms with Gasteiger partial charge < -0.3 is 5.32 Å². The van der Waals surface area contributed by atoms with Crippen LogP contribution in [0.1, 0.15) is 32.1 Å². The lowest BCUT2D eigenvalue weighted by Gasteiger charge is -2.22. The summed E-state index contributed by atoms with van der Waals surface area (Å²) in [4.78, 5) is 11.4. The van der Waals surface area contributed by atoms with E-state index < -0.39 is 0 Å². The fraction of sp³-hybridized carbons (Fsp3) is 0.889. The highest BCUT2D eigenvalue weighted by Crippen LogP contribution is 2.10. The molecule has 0 radical (unpaired) electrons. The van der Waals surface area contributed by atoms with Crippen LogP contribution in [0.3, 0.4) is 0 Å². The highest BCUT2D eigenvalue weighted by Gasteiger charge is 2.20. The predicted molar refractivity (Wildman–Crippen MR) is 49.4 cm³/mol. The molecule has 1 aliphatic rings. The summed E-state index contributed by atoms with van der Waals surface area (Å²) < 4.78 is 0. The molecule has 1 atom stereocenters.